The van der Waals surface area contributed by atoms with E-state index in [1.165, 1.54) is 24.3 Å². The van der Waals surface area contributed by atoms with E-state index in [0.717, 1.165) is 6.54 Å². The van der Waals surface area contributed by atoms with E-state index in [1.54, 1.807) is 0 Å². The van der Waals surface area contributed by atoms with Crippen molar-refractivity contribution in [2.75, 3.05) is 13.1 Å². The topological polar surface area (TPSA) is 104 Å². The lowest BCUT2D eigenvalue weighted by Gasteiger charge is -2.10. The minimum Gasteiger partial charge on any atom is -0.508 e. The van der Waals surface area contributed by atoms with Crippen LogP contribution in [0.5, 0.6) is 5.75 Å². The Morgan fingerprint density at radius 2 is 1.73 bits per heavy atom. The highest BCUT2D eigenvalue weighted by atomic mass is 32.2. The van der Waals surface area contributed by atoms with Gasteiger partial charge in [0.25, 0.3) is 0 Å². The number of hydrogen-bond donors (Lipinski definition) is 3. The van der Waals surface area contributed by atoms with Gasteiger partial charge in [0.15, 0.2) is 9.84 Å². The Morgan fingerprint density at radius 3 is 2.09 bits per heavy atom. The molecule has 1 saturated heterocycles. The van der Waals surface area contributed by atoms with Gasteiger partial charge in [-0.05, 0) is 37.2 Å². The molecule has 3 N–H and O–H groups in total. The Balaban J connectivity index is 0.000000295. The van der Waals surface area contributed by atoms with Crippen molar-refractivity contribution in [1.82, 2.24) is 5.32 Å². The van der Waals surface area contributed by atoms with Gasteiger partial charge in [-0.1, -0.05) is 0 Å². The zero-order chi connectivity index (χ0) is 17.0. The zero-order valence-corrected chi connectivity index (χ0v) is 12.0. The van der Waals surface area contributed by atoms with Crippen molar-refractivity contribution in [2.24, 2.45) is 0 Å². The van der Waals surface area contributed by atoms with Crippen LogP contribution in [0.15, 0.2) is 29.2 Å². The Kier molecular flexibility index (Phi) is 5.78. The number of phenols is 1. The minimum absolute atomic E-state index is 0.0819. The molecule has 0 aromatic heterocycles. The number of nitrogens with one attached hydrogen (secondary N) is 1. The molecule has 0 amide bonds. The van der Waals surface area contributed by atoms with E-state index in [0.29, 0.717) is 13.0 Å². The number of phenolic OH excluding ortho intramolecular Hbond substituents is 1. The third-order valence-corrected chi connectivity index (χ3v) is 5.07. The van der Waals surface area contributed by atoms with E-state index in [1.807, 2.05) is 0 Å². The molecule has 1 unspecified atom stereocenters. The number of benzene rings is 1. The number of aromatic hydroxyl groups is 1. The molecule has 0 radical (unpaired) electrons. The molecule has 1 atom stereocenters. The van der Waals surface area contributed by atoms with Crippen LogP contribution in [-0.4, -0.2) is 49.1 Å². The van der Waals surface area contributed by atoms with Crippen LogP contribution >= 0.6 is 0 Å². The van der Waals surface area contributed by atoms with Gasteiger partial charge in [-0.3, -0.25) is 0 Å². The smallest absolute Gasteiger partial charge is 0.490 e. The van der Waals surface area contributed by atoms with Crippen LogP contribution in [0.1, 0.15) is 6.42 Å². The zero-order valence-electron chi connectivity index (χ0n) is 11.2. The van der Waals surface area contributed by atoms with E-state index in [-0.39, 0.29) is 15.9 Å². The van der Waals surface area contributed by atoms with Crippen LogP contribution < -0.4 is 5.32 Å². The SMILES string of the molecule is O=C(O)C(F)(F)F.O=S(=O)(c1ccc(O)cc1)C1CCNC1. The van der Waals surface area contributed by atoms with E-state index in [9.17, 15) is 21.6 Å². The molecule has 0 saturated carbocycles. The van der Waals surface area contributed by atoms with Crippen molar-refractivity contribution in [2.45, 2.75) is 22.7 Å². The van der Waals surface area contributed by atoms with Gasteiger partial charge in [-0.25, -0.2) is 13.2 Å². The molecule has 1 aliphatic rings. The fourth-order valence-corrected chi connectivity index (χ4v) is 3.39. The van der Waals surface area contributed by atoms with Crippen LogP contribution in [0.3, 0.4) is 0 Å². The van der Waals surface area contributed by atoms with Crippen molar-refractivity contribution >= 4 is 15.8 Å². The number of carbonyl (C=O) groups is 1. The summed E-state index contributed by atoms with van der Waals surface area (Å²) < 4.78 is 55.8. The number of alkyl halides is 3. The summed E-state index contributed by atoms with van der Waals surface area (Å²) in [7, 11) is -3.23. The molecule has 1 heterocycles. The number of carboxylic acids is 1. The molecular weight excluding hydrogens is 327 g/mol. The van der Waals surface area contributed by atoms with Crippen LogP contribution in [0.2, 0.25) is 0 Å². The van der Waals surface area contributed by atoms with Crippen molar-refractivity contribution in [3.63, 3.8) is 0 Å². The van der Waals surface area contributed by atoms with E-state index in [4.69, 9.17) is 15.0 Å². The normalized spacial score (nSPS) is 18.4. The fourth-order valence-electron chi connectivity index (χ4n) is 1.72. The van der Waals surface area contributed by atoms with Crippen LogP contribution in [0.25, 0.3) is 0 Å². The highest BCUT2D eigenvalue weighted by Crippen LogP contribution is 2.22. The third-order valence-electron chi connectivity index (χ3n) is 2.86. The number of aliphatic carboxylic acids is 1. The van der Waals surface area contributed by atoms with Gasteiger partial charge in [-0.2, -0.15) is 13.2 Å². The first kappa shape index (κ1) is 18.2. The molecule has 0 spiro atoms. The largest absolute Gasteiger partial charge is 0.508 e. The molecule has 22 heavy (non-hydrogen) atoms. The lowest BCUT2D eigenvalue weighted by molar-refractivity contribution is -0.192. The summed E-state index contributed by atoms with van der Waals surface area (Å²) in [6.07, 6.45) is -4.43. The lowest BCUT2D eigenvalue weighted by atomic mass is 10.3. The maximum atomic E-state index is 12.0. The van der Waals surface area contributed by atoms with Gasteiger partial charge in [0.05, 0.1) is 10.1 Å². The molecule has 10 heteroatoms. The van der Waals surface area contributed by atoms with Gasteiger partial charge in [0.1, 0.15) is 5.75 Å². The third kappa shape index (κ3) is 4.88. The second-order valence-corrected chi connectivity index (χ2v) is 6.68. The number of hydrogen-bond acceptors (Lipinski definition) is 5. The molecule has 6 nitrogen and oxygen atoms in total. The van der Waals surface area contributed by atoms with Crippen molar-refractivity contribution in [1.29, 1.82) is 0 Å². The highest BCUT2D eigenvalue weighted by molar-refractivity contribution is 7.92. The lowest BCUT2D eigenvalue weighted by Crippen LogP contribution is -2.23. The second kappa shape index (κ2) is 6.97. The molecule has 2 rings (SSSR count). The van der Waals surface area contributed by atoms with Gasteiger partial charge in [-0.15, -0.1) is 0 Å². The average molecular weight is 341 g/mol. The second-order valence-electron chi connectivity index (χ2n) is 4.46. The monoisotopic (exact) mass is 341 g/mol. The number of rotatable bonds is 2. The van der Waals surface area contributed by atoms with Crippen LogP contribution in [0.4, 0.5) is 13.2 Å². The Labute approximate surface area is 124 Å². The van der Waals surface area contributed by atoms with E-state index in [2.05, 4.69) is 5.32 Å². The summed E-state index contributed by atoms with van der Waals surface area (Å²) in [6, 6.07) is 5.69. The summed E-state index contributed by atoms with van der Waals surface area (Å²) in [6.45, 7) is 1.27. The maximum absolute atomic E-state index is 12.0. The summed E-state index contributed by atoms with van der Waals surface area (Å²) in [4.78, 5) is 9.18. The van der Waals surface area contributed by atoms with E-state index < -0.39 is 22.0 Å². The van der Waals surface area contributed by atoms with Gasteiger partial charge >= 0.3 is 12.1 Å². The Morgan fingerprint density at radius 1 is 1.23 bits per heavy atom. The average Bonchev–Trinajstić information content (AvgIpc) is 2.93. The van der Waals surface area contributed by atoms with Gasteiger partial charge in [0.2, 0.25) is 0 Å². The first-order chi connectivity index (χ1) is 10.0. The van der Waals surface area contributed by atoms with Crippen molar-refractivity contribution in [3.8, 4) is 5.75 Å². The van der Waals surface area contributed by atoms with Gasteiger partial charge in [0, 0.05) is 6.54 Å². The number of carboxylic acid groups (broad SMARTS) is 1. The quantitative estimate of drug-likeness (QED) is 0.746. The molecule has 124 valence electrons. The molecule has 0 bridgehead atoms. The van der Waals surface area contributed by atoms with Crippen molar-refractivity contribution < 1.29 is 36.6 Å². The standard InChI is InChI=1S/C10H13NO3S.C2HF3O2/c12-8-1-3-9(4-2-8)15(13,14)10-5-6-11-7-10;3-2(4,5)1(6)7/h1-4,10-12H,5-7H2;(H,6,7). The molecule has 1 aliphatic heterocycles. The van der Waals surface area contributed by atoms with Crippen molar-refractivity contribution in [3.05, 3.63) is 24.3 Å². The summed E-state index contributed by atoms with van der Waals surface area (Å²) in [5, 5.41) is 18.9. The Hall–Kier alpha value is -1.81. The summed E-state index contributed by atoms with van der Waals surface area (Å²) >= 11 is 0. The predicted molar refractivity (Wildman–Crippen MR) is 70.3 cm³/mol. The molecule has 1 fully saturated rings. The molecule has 0 aliphatic carbocycles. The van der Waals surface area contributed by atoms with Crippen LogP contribution in [-0.2, 0) is 14.6 Å². The summed E-state index contributed by atoms with van der Waals surface area (Å²) in [5.74, 6) is -2.68. The fraction of sp³-hybridized carbons (Fsp3) is 0.417. The maximum Gasteiger partial charge on any atom is 0.490 e. The van der Waals surface area contributed by atoms with Gasteiger partial charge < -0.3 is 15.5 Å². The number of halogens is 3. The first-order valence-corrected chi connectivity index (χ1v) is 7.63. The first-order valence-electron chi connectivity index (χ1n) is 6.09. The molecule has 1 aromatic carbocycles. The minimum atomic E-state index is -5.08. The molecule has 1 aromatic rings. The van der Waals surface area contributed by atoms with E-state index >= 15 is 0 Å². The summed E-state index contributed by atoms with van der Waals surface area (Å²) in [5.41, 5.74) is 0. The highest BCUT2D eigenvalue weighted by Gasteiger charge is 2.38. The molecular formula is C12H14F3NO5S. The predicted octanol–water partition coefficient (Wildman–Crippen LogP) is 1.16. The Bertz CT molecular complexity index is 607. The number of sulfone groups is 1. The van der Waals surface area contributed by atoms with Crippen LogP contribution in [0, 0.1) is 0 Å².